The number of pyridine rings is 1. The van der Waals surface area contributed by atoms with Gasteiger partial charge in [-0.1, -0.05) is 31.2 Å². The third kappa shape index (κ3) is 5.65. The van der Waals surface area contributed by atoms with Crippen LogP contribution in [0.4, 0.5) is 0 Å². The zero-order chi connectivity index (χ0) is 18.2. The molecule has 1 saturated heterocycles. The monoisotopic (exact) mass is 351 g/mol. The minimum Gasteiger partial charge on any atom is -0.303 e. The van der Waals surface area contributed by atoms with Gasteiger partial charge < -0.3 is 4.90 Å². The first-order valence-electron chi connectivity index (χ1n) is 10.1. The summed E-state index contributed by atoms with van der Waals surface area (Å²) in [6, 6.07) is 13.1. The van der Waals surface area contributed by atoms with Gasteiger partial charge in [0.1, 0.15) is 0 Å². The fourth-order valence-electron chi connectivity index (χ4n) is 3.98. The van der Waals surface area contributed by atoms with E-state index < -0.39 is 0 Å². The van der Waals surface area contributed by atoms with Gasteiger partial charge in [-0.3, -0.25) is 9.88 Å². The second kappa shape index (κ2) is 9.84. The summed E-state index contributed by atoms with van der Waals surface area (Å²) in [7, 11) is 0. The number of nitrogens with zero attached hydrogens (tertiary/aromatic N) is 3. The zero-order valence-electron chi connectivity index (χ0n) is 16.4. The molecule has 0 N–H and O–H groups in total. The third-order valence-corrected chi connectivity index (χ3v) is 5.78. The molecule has 0 aliphatic carbocycles. The van der Waals surface area contributed by atoms with Crippen molar-refractivity contribution in [1.82, 2.24) is 14.8 Å². The molecule has 0 bridgehead atoms. The molecule has 0 unspecified atom stereocenters. The maximum atomic E-state index is 4.12. The molecular formula is C23H33N3. The van der Waals surface area contributed by atoms with Crippen molar-refractivity contribution in [3.05, 3.63) is 65.5 Å². The molecule has 2 heterocycles. The molecule has 0 spiro atoms. The number of rotatable bonds is 8. The van der Waals surface area contributed by atoms with Gasteiger partial charge in [0.25, 0.3) is 0 Å². The van der Waals surface area contributed by atoms with E-state index in [4.69, 9.17) is 0 Å². The van der Waals surface area contributed by atoms with Gasteiger partial charge in [-0.2, -0.15) is 0 Å². The molecule has 3 nitrogen and oxygen atoms in total. The Balaban J connectivity index is 1.41. The Morgan fingerprint density at radius 1 is 1.08 bits per heavy atom. The molecule has 3 rings (SSSR count). The van der Waals surface area contributed by atoms with E-state index in [1.54, 1.807) is 0 Å². The van der Waals surface area contributed by atoms with Gasteiger partial charge in [0, 0.05) is 32.0 Å². The maximum absolute atomic E-state index is 4.12. The lowest BCUT2D eigenvalue weighted by atomic mass is 9.95. The Morgan fingerprint density at radius 3 is 2.50 bits per heavy atom. The molecule has 0 atom stereocenters. The van der Waals surface area contributed by atoms with Crippen molar-refractivity contribution in [2.75, 3.05) is 32.7 Å². The van der Waals surface area contributed by atoms with Crippen LogP contribution in [-0.2, 0) is 13.0 Å². The van der Waals surface area contributed by atoms with E-state index >= 15 is 0 Å². The van der Waals surface area contributed by atoms with Gasteiger partial charge in [0.15, 0.2) is 0 Å². The van der Waals surface area contributed by atoms with E-state index in [1.807, 2.05) is 12.4 Å². The lowest BCUT2D eigenvalue weighted by Gasteiger charge is -2.34. The van der Waals surface area contributed by atoms with Gasteiger partial charge in [0.2, 0.25) is 0 Å². The van der Waals surface area contributed by atoms with Crippen molar-refractivity contribution in [1.29, 1.82) is 0 Å². The molecule has 140 valence electrons. The minimum absolute atomic E-state index is 0.839. The summed E-state index contributed by atoms with van der Waals surface area (Å²) < 4.78 is 0. The van der Waals surface area contributed by atoms with Crippen LogP contribution in [0.1, 0.15) is 36.5 Å². The highest BCUT2D eigenvalue weighted by Crippen LogP contribution is 2.20. The summed E-state index contributed by atoms with van der Waals surface area (Å²) in [6.07, 6.45) is 7.65. The first kappa shape index (κ1) is 19.1. The third-order valence-electron chi connectivity index (χ3n) is 5.78. The predicted octanol–water partition coefficient (Wildman–Crippen LogP) is 4.17. The van der Waals surface area contributed by atoms with Gasteiger partial charge in [-0.25, -0.2) is 0 Å². The minimum atomic E-state index is 0.839. The van der Waals surface area contributed by atoms with Crippen LogP contribution in [0, 0.1) is 12.8 Å². The highest BCUT2D eigenvalue weighted by atomic mass is 15.1. The second-order valence-electron chi connectivity index (χ2n) is 7.64. The maximum Gasteiger partial charge on any atom is 0.0271 e. The van der Waals surface area contributed by atoms with Gasteiger partial charge in [-0.05, 0) is 80.6 Å². The normalized spacial score (nSPS) is 16.3. The topological polar surface area (TPSA) is 19.4 Å². The number of benzene rings is 1. The largest absolute Gasteiger partial charge is 0.303 e. The lowest BCUT2D eigenvalue weighted by Crippen LogP contribution is -2.39. The SMILES string of the molecule is CCN(Cc1ccncc1)CC1CCN(CCc2ccccc2C)CC1. The number of aromatic nitrogens is 1. The van der Waals surface area contributed by atoms with Crippen molar-refractivity contribution >= 4 is 0 Å². The highest BCUT2D eigenvalue weighted by molar-refractivity contribution is 5.25. The molecule has 1 aromatic carbocycles. The van der Waals surface area contributed by atoms with Crippen LogP contribution in [-0.4, -0.2) is 47.5 Å². The average Bonchev–Trinajstić information content (AvgIpc) is 2.69. The molecular weight excluding hydrogens is 318 g/mol. The van der Waals surface area contributed by atoms with Crippen molar-refractivity contribution < 1.29 is 0 Å². The standard InChI is InChI=1S/C23H33N3/c1-3-25(18-21-8-13-24-14-9-21)19-22-10-15-26(16-11-22)17-12-23-7-5-4-6-20(23)2/h4-9,13-14,22H,3,10-12,15-19H2,1-2H3. The first-order chi connectivity index (χ1) is 12.7. The number of piperidine rings is 1. The summed E-state index contributed by atoms with van der Waals surface area (Å²) in [6.45, 7) is 11.6. The lowest BCUT2D eigenvalue weighted by molar-refractivity contribution is 0.143. The fraction of sp³-hybridized carbons (Fsp3) is 0.522. The number of aryl methyl sites for hydroxylation is 1. The highest BCUT2D eigenvalue weighted by Gasteiger charge is 2.21. The van der Waals surface area contributed by atoms with E-state index in [9.17, 15) is 0 Å². The van der Waals surface area contributed by atoms with Gasteiger partial charge in [0.05, 0.1) is 0 Å². The molecule has 1 aromatic heterocycles. The molecule has 1 aliphatic rings. The van der Waals surface area contributed by atoms with Crippen molar-refractivity contribution in [3.63, 3.8) is 0 Å². The Labute approximate surface area is 159 Å². The summed E-state index contributed by atoms with van der Waals surface area (Å²) in [5.41, 5.74) is 4.30. The van der Waals surface area contributed by atoms with Crippen LogP contribution in [0.25, 0.3) is 0 Å². The Bertz CT molecular complexity index is 648. The van der Waals surface area contributed by atoms with Crippen LogP contribution in [0.15, 0.2) is 48.8 Å². The van der Waals surface area contributed by atoms with Crippen LogP contribution in [0.3, 0.4) is 0 Å². The van der Waals surface area contributed by atoms with Crippen LogP contribution in [0.2, 0.25) is 0 Å². The van der Waals surface area contributed by atoms with Crippen LogP contribution >= 0.6 is 0 Å². The van der Waals surface area contributed by atoms with Crippen molar-refractivity contribution in [3.8, 4) is 0 Å². The molecule has 2 aromatic rings. The summed E-state index contributed by atoms with van der Waals surface area (Å²) in [4.78, 5) is 9.36. The molecule has 1 aliphatic heterocycles. The summed E-state index contributed by atoms with van der Waals surface area (Å²) in [5, 5.41) is 0. The average molecular weight is 352 g/mol. The number of likely N-dealkylation sites (tertiary alicyclic amines) is 1. The molecule has 1 fully saturated rings. The molecule has 3 heteroatoms. The summed E-state index contributed by atoms with van der Waals surface area (Å²) in [5.74, 6) is 0.839. The van der Waals surface area contributed by atoms with Crippen LogP contribution < -0.4 is 0 Å². The number of hydrogen-bond acceptors (Lipinski definition) is 3. The van der Waals surface area contributed by atoms with Crippen LogP contribution in [0.5, 0.6) is 0 Å². The predicted molar refractivity (Wildman–Crippen MR) is 109 cm³/mol. The Kier molecular flexibility index (Phi) is 7.22. The molecule has 26 heavy (non-hydrogen) atoms. The summed E-state index contributed by atoms with van der Waals surface area (Å²) >= 11 is 0. The van der Waals surface area contributed by atoms with E-state index in [1.165, 1.54) is 62.1 Å². The smallest absolute Gasteiger partial charge is 0.0271 e. The Morgan fingerprint density at radius 2 is 1.81 bits per heavy atom. The van der Waals surface area contributed by atoms with E-state index in [0.717, 1.165) is 19.0 Å². The number of hydrogen-bond donors (Lipinski definition) is 0. The van der Waals surface area contributed by atoms with Gasteiger partial charge >= 0.3 is 0 Å². The van der Waals surface area contributed by atoms with Gasteiger partial charge in [-0.15, -0.1) is 0 Å². The first-order valence-corrected chi connectivity index (χ1v) is 10.1. The van der Waals surface area contributed by atoms with Crippen molar-refractivity contribution in [2.45, 2.75) is 39.7 Å². The van der Waals surface area contributed by atoms with E-state index in [0.29, 0.717) is 0 Å². The van der Waals surface area contributed by atoms with E-state index in [-0.39, 0.29) is 0 Å². The molecule has 0 amide bonds. The molecule has 0 saturated carbocycles. The fourth-order valence-corrected chi connectivity index (χ4v) is 3.98. The van der Waals surface area contributed by atoms with Crippen molar-refractivity contribution in [2.24, 2.45) is 5.92 Å². The quantitative estimate of drug-likeness (QED) is 0.712. The van der Waals surface area contributed by atoms with E-state index in [2.05, 4.69) is 65.0 Å². The Hall–Kier alpha value is -1.71. The molecule has 0 radical (unpaired) electrons. The zero-order valence-corrected chi connectivity index (χ0v) is 16.4. The second-order valence-corrected chi connectivity index (χ2v) is 7.64.